The van der Waals surface area contributed by atoms with Crippen molar-refractivity contribution < 1.29 is 0 Å². The Balaban J connectivity index is 2.05. The monoisotopic (exact) mass is 232 g/mol. The van der Waals surface area contributed by atoms with Gasteiger partial charge in [0.25, 0.3) is 0 Å². The van der Waals surface area contributed by atoms with E-state index in [2.05, 4.69) is 36.1 Å². The van der Waals surface area contributed by atoms with Crippen LogP contribution in [0.15, 0.2) is 24.3 Å². The lowest BCUT2D eigenvalue weighted by Gasteiger charge is -2.24. The van der Waals surface area contributed by atoms with Crippen LogP contribution >= 0.6 is 0 Å². The van der Waals surface area contributed by atoms with Crippen LogP contribution in [0.25, 0.3) is 0 Å². The van der Waals surface area contributed by atoms with Gasteiger partial charge in [-0.1, -0.05) is 19.1 Å². The number of nitrogens with zero attached hydrogens (tertiary/aromatic N) is 1. The molecule has 0 bridgehead atoms. The molecule has 0 amide bonds. The minimum atomic E-state index is 0.132. The highest BCUT2D eigenvalue weighted by Crippen LogP contribution is 2.31. The fraction of sp³-hybridized carbons (Fsp3) is 0.600. The minimum absolute atomic E-state index is 0.132. The first-order valence-corrected chi connectivity index (χ1v) is 6.81. The van der Waals surface area contributed by atoms with Crippen LogP contribution in [0.1, 0.15) is 44.7 Å². The van der Waals surface area contributed by atoms with Crippen molar-refractivity contribution in [2.24, 2.45) is 11.7 Å². The second-order valence-corrected chi connectivity index (χ2v) is 5.27. The summed E-state index contributed by atoms with van der Waals surface area (Å²) in [5.74, 6) is 0.939. The number of hydrogen-bond acceptors (Lipinski definition) is 2. The fourth-order valence-electron chi connectivity index (χ4n) is 2.20. The molecule has 1 aliphatic carbocycles. The molecule has 1 saturated carbocycles. The Kier molecular flexibility index (Phi) is 4.06. The van der Waals surface area contributed by atoms with Crippen molar-refractivity contribution in [3.05, 3.63) is 29.8 Å². The van der Waals surface area contributed by atoms with Crippen LogP contribution in [0.3, 0.4) is 0 Å². The number of nitrogens with two attached hydrogens (primary N) is 1. The van der Waals surface area contributed by atoms with Crippen molar-refractivity contribution in [1.82, 2.24) is 0 Å². The summed E-state index contributed by atoms with van der Waals surface area (Å²) >= 11 is 0. The maximum Gasteiger partial charge on any atom is 0.0366 e. The van der Waals surface area contributed by atoms with Crippen LogP contribution in [0.5, 0.6) is 0 Å². The van der Waals surface area contributed by atoms with Gasteiger partial charge in [0, 0.05) is 24.8 Å². The van der Waals surface area contributed by atoms with Crippen LogP contribution in [0, 0.1) is 5.92 Å². The molecule has 0 spiro atoms. The standard InChI is InChI=1S/C15H24N2/c1-3-10-17(11-13-4-5-13)15-8-6-14(7-9-15)12(2)16/h6-9,12-13H,3-5,10-11,16H2,1-2H3/t12-/m1/s1. The van der Waals surface area contributed by atoms with E-state index in [1.54, 1.807) is 0 Å². The first-order chi connectivity index (χ1) is 8.20. The van der Waals surface area contributed by atoms with Gasteiger partial charge < -0.3 is 10.6 Å². The van der Waals surface area contributed by atoms with Gasteiger partial charge in [-0.15, -0.1) is 0 Å². The highest BCUT2D eigenvalue weighted by molar-refractivity contribution is 5.48. The van der Waals surface area contributed by atoms with Gasteiger partial charge in [0.2, 0.25) is 0 Å². The van der Waals surface area contributed by atoms with E-state index in [4.69, 9.17) is 5.73 Å². The third kappa shape index (κ3) is 3.47. The lowest BCUT2D eigenvalue weighted by Crippen LogP contribution is -2.26. The summed E-state index contributed by atoms with van der Waals surface area (Å²) in [5, 5.41) is 0. The third-order valence-electron chi connectivity index (χ3n) is 3.45. The van der Waals surface area contributed by atoms with Gasteiger partial charge >= 0.3 is 0 Å². The predicted molar refractivity (Wildman–Crippen MR) is 74.3 cm³/mol. The summed E-state index contributed by atoms with van der Waals surface area (Å²) in [6, 6.07) is 8.89. The molecule has 1 fully saturated rings. The molecule has 0 unspecified atom stereocenters. The van der Waals surface area contributed by atoms with E-state index in [9.17, 15) is 0 Å². The van der Waals surface area contributed by atoms with Crippen molar-refractivity contribution in [2.75, 3.05) is 18.0 Å². The minimum Gasteiger partial charge on any atom is -0.371 e. The normalized spacial score (nSPS) is 16.9. The zero-order valence-electron chi connectivity index (χ0n) is 11.0. The lowest BCUT2D eigenvalue weighted by molar-refractivity contribution is 0.707. The molecule has 1 aromatic rings. The van der Waals surface area contributed by atoms with Gasteiger partial charge in [0.05, 0.1) is 0 Å². The molecule has 2 rings (SSSR count). The molecule has 1 aliphatic rings. The fourth-order valence-corrected chi connectivity index (χ4v) is 2.20. The quantitative estimate of drug-likeness (QED) is 0.815. The molecule has 1 aromatic carbocycles. The van der Waals surface area contributed by atoms with Gasteiger partial charge in [0.15, 0.2) is 0 Å². The van der Waals surface area contributed by atoms with Crippen LogP contribution in [-0.4, -0.2) is 13.1 Å². The summed E-state index contributed by atoms with van der Waals surface area (Å²) in [5.41, 5.74) is 8.44. The number of anilines is 1. The van der Waals surface area contributed by atoms with Crippen LogP contribution in [-0.2, 0) is 0 Å². The van der Waals surface area contributed by atoms with Gasteiger partial charge in [-0.05, 0) is 49.8 Å². The average molecular weight is 232 g/mol. The topological polar surface area (TPSA) is 29.3 Å². The van der Waals surface area contributed by atoms with Gasteiger partial charge in [-0.3, -0.25) is 0 Å². The van der Waals surface area contributed by atoms with E-state index in [1.165, 1.54) is 37.1 Å². The van der Waals surface area contributed by atoms with Crippen molar-refractivity contribution in [3.63, 3.8) is 0 Å². The zero-order valence-corrected chi connectivity index (χ0v) is 11.0. The van der Waals surface area contributed by atoms with Crippen LogP contribution < -0.4 is 10.6 Å². The second-order valence-electron chi connectivity index (χ2n) is 5.27. The van der Waals surface area contributed by atoms with Crippen molar-refractivity contribution >= 4 is 5.69 Å². The smallest absolute Gasteiger partial charge is 0.0366 e. The summed E-state index contributed by atoms with van der Waals surface area (Å²) in [6.07, 6.45) is 4.04. The van der Waals surface area contributed by atoms with E-state index in [0.717, 1.165) is 12.5 Å². The van der Waals surface area contributed by atoms with Crippen LogP contribution in [0.2, 0.25) is 0 Å². The molecule has 0 radical (unpaired) electrons. The molecule has 0 heterocycles. The first kappa shape index (κ1) is 12.4. The zero-order chi connectivity index (χ0) is 12.3. The Hall–Kier alpha value is -1.02. The molecule has 2 heteroatoms. The Morgan fingerprint density at radius 2 is 1.94 bits per heavy atom. The molecular weight excluding hydrogens is 208 g/mol. The van der Waals surface area contributed by atoms with Gasteiger partial charge in [-0.25, -0.2) is 0 Å². The molecular formula is C15H24N2. The van der Waals surface area contributed by atoms with E-state index in [1.807, 2.05) is 6.92 Å². The second kappa shape index (κ2) is 5.54. The molecule has 0 aliphatic heterocycles. The SMILES string of the molecule is CCCN(CC1CC1)c1ccc([C@@H](C)N)cc1. The summed E-state index contributed by atoms with van der Waals surface area (Å²) in [6.45, 7) is 6.67. The van der Waals surface area contributed by atoms with Crippen molar-refractivity contribution in [1.29, 1.82) is 0 Å². The maximum atomic E-state index is 5.88. The Bertz CT molecular complexity index is 338. The van der Waals surface area contributed by atoms with E-state index in [-0.39, 0.29) is 6.04 Å². The Labute approximate surface area is 105 Å². The van der Waals surface area contributed by atoms with E-state index >= 15 is 0 Å². The van der Waals surface area contributed by atoms with Crippen molar-refractivity contribution in [3.8, 4) is 0 Å². The maximum absolute atomic E-state index is 5.88. The number of rotatable bonds is 6. The number of hydrogen-bond donors (Lipinski definition) is 1. The third-order valence-corrected chi connectivity index (χ3v) is 3.45. The Morgan fingerprint density at radius 3 is 2.41 bits per heavy atom. The first-order valence-electron chi connectivity index (χ1n) is 6.81. The summed E-state index contributed by atoms with van der Waals surface area (Å²) in [7, 11) is 0. The Morgan fingerprint density at radius 1 is 1.29 bits per heavy atom. The van der Waals surface area contributed by atoms with E-state index in [0.29, 0.717) is 0 Å². The number of benzene rings is 1. The van der Waals surface area contributed by atoms with Gasteiger partial charge in [-0.2, -0.15) is 0 Å². The van der Waals surface area contributed by atoms with Crippen molar-refractivity contribution in [2.45, 2.75) is 39.2 Å². The molecule has 2 N–H and O–H groups in total. The predicted octanol–water partition coefficient (Wildman–Crippen LogP) is 3.33. The van der Waals surface area contributed by atoms with E-state index < -0.39 is 0 Å². The van der Waals surface area contributed by atoms with Gasteiger partial charge in [0.1, 0.15) is 0 Å². The molecule has 1 atom stereocenters. The summed E-state index contributed by atoms with van der Waals surface area (Å²) < 4.78 is 0. The largest absolute Gasteiger partial charge is 0.371 e. The average Bonchev–Trinajstić information content (AvgIpc) is 3.13. The lowest BCUT2D eigenvalue weighted by atomic mass is 10.1. The molecule has 0 saturated heterocycles. The molecule has 17 heavy (non-hydrogen) atoms. The highest BCUT2D eigenvalue weighted by Gasteiger charge is 2.24. The summed E-state index contributed by atoms with van der Waals surface area (Å²) in [4.78, 5) is 2.52. The van der Waals surface area contributed by atoms with Crippen LogP contribution in [0.4, 0.5) is 5.69 Å². The molecule has 0 aromatic heterocycles. The molecule has 94 valence electrons. The highest BCUT2D eigenvalue weighted by atomic mass is 15.1. The molecule has 2 nitrogen and oxygen atoms in total.